The van der Waals surface area contributed by atoms with Crippen molar-refractivity contribution in [1.82, 2.24) is 4.57 Å². The number of rotatable bonds is 2. The maximum atomic E-state index is 11.3. The minimum Gasteiger partial charge on any atom is -0.302 e. The van der Waals surface area contributed by atoms with Crippen LogP contribution >= 0.6 is 15.9 Å². The number of pyridine rings is 1. The van der Waals surface area contributed by atoms with E-state index in [2.05, 4.69) is 29.8 Å². The molecular formula is C9H12BrNO. The lowest BCUT2D eigenvalue weighted by atomic mass is 10.2. The van der Waals surface area contributed by atoms with Crippen molar-refractivity contribution in [2.45, 2.75) is 20.4 Å². The molecule has 0 aliphatic carbocycles. The summed E-state index contributed by atoms with van der Waals surface area (Å²) in [6.45, 7) is 4.94. The number of aromatic nitrogens is 1. The van der Waals surface area contributed by atoms with Crippen LogP contribution in [0.4, 0.5) is 0 Å². The minimum atomic E-state index is 0.0538. The molecule has 0 aromatic carbocycles. The van der Waals surface area contributed by atoms with Crippen molar-refractivity contribution in [3.05, 3.63) is 33.2 Å². The van der Waals surface area contributed by atoms with E-state index in [1.54, 1.807) is 16.7 Å². The Morgan fingerprint density at radius 2 is 2.17 bits per heavy atom. The molecule has 0 radical (unpaired) electrons. The van der Waals surface area contributed by atoms with Crippen molar-refractivity contribution >= 4 is 15.9 Å². The monoisotopic (exact) mass is 229 g/mol. The zero-order valence-corrected chi connectivity index (χ0v) is 8.84. The Morgan fingerprint density at radius 1 is 1.50 bits per heavy atom. The number of halogens is 1. The van der Waals surface area contributed by atoms with Crippen molar-refractivity contribution in [2.24, 2.45) is 5.92 Å². The predicted molar refractivity (Wildman–Crippen MR) is 53.2 cm³/mol. The van der Waals surface area contributed by atoms with Crippen molar-refractivity contribution in [3.63, 3.8) is 0 Å². The molecular weight excluding hydrogens is 218 g/mol. The third-order valence-electron chi connectivity index (χ3n) is 1.54. The van der Waals surface area contributed by atoms with Gasteiger partial charge in [0.05, 0.1) is 4.60 Å². The first-order valence-corrected chi connectivity index (χ1v) is 4.76. The van der Waals surface area contributed by atoms with Crippen molar-refractivity contribution in [2.75, 3.05) is 0 Å². The highest BCUT2D eigenvalue weighted by Crippen LogP contribution is 2.08. The van der Waals surface area contributed by atoms with Crippen LogP contribution in [-0.4, -0.2) is 4.57 Å². The molecule has 0 saturated heterocycles. The van der Waals surface area contributed by atoms with Crippen molar-refractivity contribution in [3.8, 4) is 0 Å². The molecule has 0 atom stereocenters. The van der Waals surface area contributed by atoms with E-state index in [1.165, 1.54) is 0 Å². The van der Waals surface area contributed by atoms with Crippen LogP contribution in [0.3, 0.4) is 0 Å². The normalized spacial score (nSPS) is 10.7. The zero-order valence-electron chi connectivity index (χ0n) is 7.25. The van der Waals surface area contributed by atoms with E-state index < -0.39 is 0 Å². The molecule has 12 heavy (non-hydrogen) atoms. The summed E-state index contributed by atoms with van der Waals surface area (Å²) < 4.78 is 2.58. The lowest BCUT2D eigenvalue weighted by Crippen LogP contribution is -2.21. The second-order valence-electron chi connectivity index (χ2n) is 3.19. The number of hydrogen-bond acceptors (Lipinski definition) is 1. The summed E-state index contributed by atoms with van der Waals surface area (Å²) in [7, 11) is 0. The third kappa shape index (κ3) is 2.21. The van der Waals surface area contributed by atoms with Gasteiger partial charge < -0.3 is 4.57 Å². The van der Waals surface area contributed by atoms with Crippen LogP contribution in [0.5, 0.6) is 0 Å². The Bertz CT molecular complexity index is 317. The van der Waals surface area contributed by atoms with E-state index in [0.29, 0.717) is 5.92 Å². The molecule has 0 N–H and O–H groups in total. The van der Waals surface area contributed by atoms with Crippen LogP contribution in [0.25, 0.3) is 0 Å². The molecule has 0 bridgehead atoms. The first-order chi connectivity index (χ1) is 5.61. The van der Waals surface area contributed by atoms with Crippen LogP contribution in [0.15, 0.2) is 27.6 Å². The SMILES string of the molecule is CC(C)Cn1c(Br)cccc1=O. The van der Waals surface area contributed by atoms with Gasteiger partial charge in [0, 0.05) is 12.6 Å². The average molecular weight is 230 g/mol. The number of hydrogen-bond donors (Lipinski definition) is 0. The summed E-state index contributed by atoms with van der Waals surface area (Å²) in [5.74, 6) is 0.487. The van der Waals surface area contributed by atoms with Crippen LogP contribution < -0.4 is 5.56 Å². The van der Waals surface area contributed by atoms with Crippen LogP contribution in [0.2, 0.25) is 0 Å². The van der Waals surface area contributed by atoms with Crippen LogP contribution in [0.1, 0.15) is 13.8 Å². The van der Waals surface area contributed by atoms with Gasteiger partial charge in [-0.3, -0.25) is 4.79 Å². The molecule has 0 unspecified atom stereocenters. The van der Waals surface area contributed by atoms with Gasteiger partial charge in [-0.2, -0.15) is 0 Å². The minimum absolute atomic E-state index is 0.0538. The topological polar surface area (TPSA) is 22.0 Å². The van der Waals surface area contributed by atoms with Gasteiger partial charge in [-0.15, -0.1) is 0 Å². The fourth-order valence-corrected chi connectivity index (χ4v) is 1.51. The molecule has 0 saturated carbocycles. The van der Waals surface area contributed by atoms with E-state index >= 15 is 0 Å². The van der Waals surface area contributed by atoms with Gasteiger partial charge in [0.25, 0.3) is 5.56 Å². The Morgan fingerprint density at radius 3 is 2.67 bits per heavy atom. The van der Waals surface area contributed by atoms with E-state index in [0.717, 1.165) is 11.1 Å². The largest absolute Gasteiger partial charge is 0.302 e. The Balaban J connectivity index is 3.05. The highest BCUT2D eigenvalue weighted by Gasteiger charge is 2.01. The quantitative estimate of drug-likeness (QED) is 0.714. The van der Waals surface area contributed by atoms with Gasteiger partial charge in [-0.25, -0.2) is 0 Å². The molecule has 1 aromatic heterocycles. The van der Waals surface area contributed by atoms with Crippen molar-refractivity contribution < 1.29 is 0 Å². The van der Waals surface area contributed by atoms with E-state index in [4.69, 9.17) is 0 Å². The molecule has 3 heteroatoms. The molecule has 0 spiro atoms. The summed E-state index contributed by atoms with van der Waals surface area (Å²) in [5, 5.41) is 0. The van der Waals surface area contributed by atoms with Gasteiger partial charge in [-0.1, -0.05) is 19.9 Å². The first kappa shape index (κ1) is 9.52. The molecule has 66 valence electrons. The number of nitrogens with zero attached hydrogens (tertiary/aromatic N) is 1. The molecule has 1 rings (SSSR count). The standard InChI is InChI=1S/C9H12BrNO/c1-7(2)6-11-8(10)4-3-5-9(11)12/h3-5,7H,6H2,1-2H3. The van der Waals surface area contributed by atoms with Crippen LogP contribution in [-0.2, 0) is 6.54 Å². The van der Waals surface area contributed by atoms with Crippen LogP contribution in [0, 0.1) is 5.92 Å². The highest BCUT2D eigenvalue weighted by molar-refractivity contribution is 9.10. The third-order valence-corrected chi connectivity index (χ3v) is 2.24. The summed E-state index contributed by atoms with van der Waals surface area (Å²) in [6, 6.07) is 5.21. The van der Waals surface area contributed by atoms with Gasteiger partial charge in [0.15, 0.2) is 0 Å². The molecule has 1 heterocycles. The fraction of sp³-hybridized carbons (Fsp3) is 0.444. The molecule has 1 aromatic rings. The van der Waals surface area contributed by atoms with Gasteiger partial charge in [-0.05, 0) is 27.9 Å². The Hall–Kier alpha value is -0.570. The second kappa shape index (κ2) is 3.90. The smallest absolute Gasteiger partial charge is 0.251 e. The maximum Gasteiger partial charge on any atom is 0.251 e. The average Bonchev–Trinajstić information content (AvgIpc) is 1.97. The van der Waals surface area contributed by atoms with E-state index in [1.807, 2.05) is 6.07 Å². The van der Waals surface area contributed by atoms with Gasteiger partial charge in [0.2, 0.25) is 0 Å². The van der Waals surface area contributed by atoms with Gasteiger partial charge >= 0.3 is 0 Å². The Kier molecular flexibility index (Phi) is 3.09. The van der Waals surface area contributed by atoms with Crippen molar-refractivity contribution in [1.29, 1.82) is 0 Å². The summed E-state index contributed by atoms with van der Waals surface area (Å²) >= 11 is 3.34. The maximum absolute atomic E-state index is 11.3. The molecule has 0 fully saturated rings. The lowest BCUT2D eigenvalue weighted by Gasteiger charge is -2.09. The predicted octanol–water partition coefficient (Wildman–Crippen LogP) is 2.27. The molecule has 0 aliphatic heterocycles. The molecule has 2 nitrogen and oxygen atoms in total. The van der Waals surface area contributed by atoms with Gasteiger partial charge in [0.1, 0.15) is 0 Å². The van der Waals surface area contributed by atoms with E-state index in [9.17, 15) is 4.79 Å². The molecule has 0 amide bonds. The Labute approximate surface area is 80.3 Å². The fourth-order valence-electron chi connectivity index (χ4n) is 1.04. The summed E-state index contributed by atoms with van der Waals surface area (Å²) in [4.78, 5) is 11.3. The first-order valence-electron chi connectivity index (χ1n) is 3.96. The highest BCUT2D eigenvalue weighted by atomic mass is 79.9. The molecule has 0 aliphatic rings. The zero-order chi connectivity index (χ0) is 9.14. The lowest BCUT2D eigenvalue weighted by molar-refractivity contribution is 0.504. The second-order valence-corrected chi connectivity index (χ2v) is 4.00. The summed E-state index contributed by atoms with van der Waals surface area (Å²) in [6.07, 6.45) is 0. The summed E-state index contributed by atoms with van der Waals surface area (Å²) in [5.41, 5.74) is 0.0538. The van der Waals surface area contributed by atoms with E-state index in [-0.39, 0.29) is 5.56 Å².